The van der Waals surface area contributed by atoms with Gasteiger partial charge in [-0.15, -0.1) is 11.8 Å². The summed E-state index contributed by atoms with van der Waals surface area (Å²) < 4.78 is 6.05. The second-order valence-electron chi connectivity index (χ2n) is 3.10. The summed E-state index contributed by atoms with van der Waals surface area (Å²) in [4.78, 5) is 1.09. The Balaban J connectivity index is 2.07. The molecular formula is C11H10BrNOS. The molecule has 0 aliphatic heterocycles. The number of halogens is 1. The number of benzene rings is 1. The molecule has 0 spiro atoms. The van der Waals surface area contributed by atoms with E-state index in [0.717, 1.165) is 20.8 Å². The first-order valence-corrected chi connectivity index (χ1v) is 6.22. The number of nitrogen functional groups attached to an aromatic ring is 1. The van der Waals surface area contributed by atoms with Crippen LogP contribution in [0, 0.1) is 0 Å². The van der Waals surface area contributed by atoms with Crippen LogP contribution < -0.4 is 5.73 Å². The number of anilines is 1. The standard InChI is InChI=1S/C11H10BrNOS/c12-9-1-2-10(13)11(5-9)15-7-8-3-4-14-6-8/h1-6H,7,13H2. The molecule has 2 nitrogen and oxygen atoms in total. The first-order valence-electron chi connectivity index (χ1n) is 4.44. The predicted molar refractivity (Wildman–Crippen MR) is 66.8 cm³/mol. The number of hydrogen-bond donors (Lipinski definition) is 1. The molecule has 0 amide bonds. The van der Waals surface area contributed by atoms with Gasteiger partial charge in [0.05, 0.1) is 12.5 Å². The van der Waals surface area contributed by atoms with Crippen molar-refractivity contribution in [3.63, 3.8) is 0 Å². The van der Waals surface area contributed by atoms with Gasteiger partial charge < -0.3 is 10.2 Å². The Bertz CT molecular complexity index is 442. The molecule has 2 aromatic rings. The maximum atomic E-state index is 5.86. The highest BCUT2D eigenvalue weighted by molar-refractivity contribution is 9.10. The zero-order valence-electron chi connectivity index (χ0n) is 7.94. The minimum Gasteiger partial charge on any atom is -0.472 e. The van der Waals surface area contributed by atoms with E-state index in [1.54, 1.807) is 24.3 Å². The lowest BCUT2D eigenvalue weighted by Gasteiger charge is -2.04. The first-order chi connectivity index (χ1) is 7.25. The Morgan fingerprint density at radius 2 is 2.20 bits per heavy atom. The largest absolute Gasteiger partial charge is 0.472 e. The van der Waals surface area contributed by atoms with Gasteiger partial charge in [0.2, 0.25) is 0 Å². The van der Waals surface area contributed by atoms with Crippen molar-refractivity contribution in [2.24, 2.45) is 0 Å². The summed E-state index contributed by atoms with van der Waals surface area (Å²) in [6.07, 6.45) is 3.43. The van der Waals surface area contributed by atoms with Crippen molar-refractivity contribution in [3.8, 4) is 0 Å². The number of furan rings is 1. The maximum Gasteiger partial charge on any atom is 0.0943 e. The van der Waals surface area contributed by atoms with Crippen LogP contribution in [0.15, 0.2) is 50.6 Å². The normalized spacial score (nSPS) is 10.5. The lowest BCUT2D eigenvalue weighted by molar-refractivity contribution is 0.565. The molecule has 0 aliphatic carbocycles. The van der Waals surface area contributed by atoms with Crippen LogP contribution in [0.5, 0.6) is 0 Å². The van der Waals surface area contributed by atoms with Gasteiger partial charge in [0.1, 0.15) is 0 Å². The molecule has 1 aromatic heterocycles. The van der Waals surface area contributed by atoms with Crippen molar-refractivity contribution in [2.45, 2.75) is 10.6 Å². The molecule has 1 heterocycles. The summed E-state index contributed by atoms with van der Waals surface area (Å²) in [5.41, 5.74) is 7.84. The number of rotatable bonds is 3. The van der Waals surface area contributed by atoms with Gasteiger partial charge in [-0.1, -0.05) is 15.9 Å². The molecule has 1 aromatic carbocycles. The van der Waals surface area contributed by atoms with Crippen molar-refractivity contribution in [2.75, 3.05) is 5.73 Å². The fraction of sp³-hybridized carbons (Fsp3) is 0.0909. The topological polar surface area (TPSA) is 39.2 Å². The Morgan fingerprint density at radius 1 is 1.33 bits per heavy atom. The molecule has 0 atom stereocenters. The smallest absolute Gasteiger partial charge is 0.0943 e. The third-order valence-electron chi connectivity index (χ3n) is 1.95. The van der Waals surface area contributed by atoms with Gasteiger partial charge in [0, 0.05) is 26.4 Å². The van der Waals surface area contributed by atoms with Gasteiger partial charge >= 0.3 is 0 Å². The van der Waals surface area contributed by atoms with Crippen molar-refractivity contribution in [1.29, 1.82) is 0 Å². The highest BCUT2D eigenvalue weighted by atomic mass is 79.9. The highest BCUT2D eigenvalue weighted by Gasteiger charge is 2.02. The fourth-order valence-corrected chi connectivity index (χ4v) is 2.61. The van der Waals surface area contributed by atoms with E-state index >= 15 is 0 Å². The number of nitrogens with two attached hydrogens (primary N) is 1. The average molecular weight is 284 g/mol. The van der Waals surface area contributed by atoms with E-state index < -0.39 is 0 Å². The molecule has 4 heteroatoms. The lowest BCUT2D eigenvalue weighted by Crippen LogP contribution is -1.88. The minimum absolute atomic E-state index is 0.812. The zero-order chi connectivity index (χ0) is 10.7. The molecule has 2 rings (SSSR count). The van der Waals surface area contributed by atoms with Gasteiger partial charge in [0.15, 0.2) is 0 Å². The Hall–Kier alpha value is -0.870. The van der Waals surface area contributed by atoms with Gasteiger partial charge in [0.25, 0.3) is 0 Å². The van der Waals surface area contributed by atoms with Gasteiger partial charge in [-0.05, 0) is 24.3 Å². The molecule has 0 bridgehead atoms. The molecular weight excluding hydrogens is 274 g/mol. The van der Waals surface area contributed by atoms with E-state index in [1.807, 2.05) is 24.3 Å². The van der Waals surface area contributed by atoms with Crippen LogP contribution in [0.2, 0.25) is 0 Å². The van der Waals surface area contributed by atoms with Crippen molar-refractivity contribution in [1.82, 2.24) is 0 Å². The summed E-state index contributed by atoms with van der Waals surface area (Å²) in [6, 6.07) is 7.83. The quantitative estimate of drug-likeness (QED) is 0.686. The van der Waals surface area contributed by atoms with E-state index in [1.165, 1.54) is 5.56 Å². The summed E-state index contributed by atoms with van der Waals surface area (Å²) in [6.45, 7) is 0. The molecule has 0 saturated heterocycles. The van der Waals surface area contributed by atoms with E-state index in [0.29, 0.717) is 0 Å². The van der Waals surface area contributed by atoms with E-state index in [-0.39, 0.29) is 0 Å². The minimum atomic E-state index is 0.812. The molecule has 0 aliphatic rings. The monoisotopic (exact) mass is 283 g/mol. The van der Waals surface area contributed by atoms with Gasteiger partial charge in [-0.2, -0.15) is 0 Å². The predicted octanol–water partition coefficient (Wildman–Crippen LogP) is 3.92. The van der Waals surface area contributed by atoms with Crippen LogP contribution in [0.3, 0.4) is 0 Å². The van der Waals surface area contributed by atoms with Crippen LogP contribution >= 0.6 is 27.7 Å². The molecule has 0 fully saturated rings. The molecule has 0 radical (unpaired) electrons. The van der Waals surface area contributed by atoms with Crippen LogP contribution in [0.4, 0.5) is 5.69 Å². The van der Waals surface area contributed by atoms with E-state index in [4.69, 9.17) is 10.2 Å². The lowest BCUT2D eigenvalue weighted by atomic mass is 10.3. The van der Waals surface area contributed by atoms with E-state index in [2.05, 4.69) is 15.9 Å². The summed E-state index contributed by atoms with van der Waals surface area (Å²) in [5.74, 6) is 0.872. The number of thioether (sulfide) groups is 1. The summed E-state index contributed by atoms with van der Waals surface area (Å²) >= 11 is 5.13. The third kappa shape index (κ3) is 2.79. The number of hydrogen-bond acceptors (Lipinski definition) is 3. The molecule has 15 heavy (non-hydrogen) atoms. The van der Waals surface area contributed by atoms with Crippen LogP contribution in [-0.4, -0.2) is 0 Å². The van der Waals surface area contributed by atoms with Gasteiger partial charge in [-0.3, -0.25) is 0 Å². The van der Waals surface area contributed by atoms with Crippen molar-refractivity contribution >= 4 is 33.4 Å². The SMILES string of the molecule is Nc1ccc(Br)cc1SCc1ccoc1. The molecule has 78 valence electrons. The second kappa shape index (κ2) is 4.77. The highest BCUT2D eigenvalue weighted by Crippen LogP contribution is 2.30. The molecule has 0 saturated carbocycles. The van der Waals surface area contributed by atoms with Crippen LogP contribution in [0.25, 0.3) is 0 Å². The summed E-state index contributed by atoms with van der Waals surface area (Å²) in [7, 11) is 0. The van der Waals surface area contributed by atoms with Crippen molar-refractivity contribution < 1.29 is 4.42 Å². The van der Waals surface area contributed by atoms with Gasteiger partial charge in [-0.25, -0.2) is 0 Å². The van der Waals surface area contributed by atoms with E-state index in [9.17, 15) is 0 Å². The molecule has 0 unspecified atom stereocenters. The molecule has 2 N–H and O–H groups in total. The first kappa shape index (κ1) is 10.6. The Morgan fingerprint density at radius 3 is 2.93 bits per heavy atom. The summed E-state index contributed by atoms with van der Waals surface area (Å²) in [5, 5.41) is 0. The zero-order valence-corrected chi connectivity index (χ0v) is 10.3. The Labute approximate surface area is 101 Å². The van der Waals surface area contributed by atoms with Crippen LogP contribution in [0.1, 0.15) is 5.56 Å². The second-order valence-corrected chi connectivity index (χ2v) is 5.04. The van der Waals surface area contributed by atoms with Crippen molar-refractivity contribution in [3.05, 3.63) is 46.8 Å². The Kier molecular flexibility index (Phi) is 3.38. The average Bonchev–Trinajstić information content (AvgIpc) is 2.72. The maximum absolute atomic E-state index is 5.86. The third-order valence-corrected chi connectivity index (χ3v) is 3.59. The van der Waals surface area contributed by atoms with Crippen LogP contribution in [-0.2, 0) is 5.75 Å². The fourth-order valence-electron chi connectivity index (χ4n) is 1.17.